The second-order valence-electron chi connectivity index (χ2n) is 4.17. The SMILES string of the molecule is Nc1nnnn1NCc1ccc(-c2cc(Cl)ccc2Cl)o1. The fraction of sp³-hybridized carbons (Fsp3) is 0.0833. The predicted octanol–water partition coefficient (Wildman–Crippen LogP) is 2.57. The van der Waals surface area contributed by atoms with E-state index in [0.717, 1.165) is 5.56 Å². The van der Waals surface area contributed by atoms with Crippen molar-refractivity contribution in [2.45, 2.75) is 6.54 Å². The number of halogens is 2. The summed E-state index contributed by atoms with van der Waals surface area (Å²) >= 11 is 12.1. The Morgan fingerprint density at radius 2 is 2.10 bits per heavy atom. The Labute approximate surface area is 129 Å². The zero-order valence-electron chi connectivity index (χ0n) is 10.6. The zero-order valence-corrected chi connectivity index (χ0v) is 12.1. The summed E-state index contributed by atoms with van der Waals surface area (Å²) in [5, 5.41) is 11.8. The van der Waals surface area contributed by atoms with Crippen molar-refractivity contribution in [3.63, 3.8) is 0 Å². The zero-order chi connectivity index (χ0) is 14.8. The molecule has 0 saturated carbocycles. The van der Waals surface area contributed by atoms with Crippen LogP contribution in [0.2, 0.25) is 10.0 Å². The summed E-state index contributed by atoms with van der Waals surface area (Å²) in [6, 6.07) is 8.83. The lowest BCUT2D eigenvalue weighted by Gasteiger charge is -2.04. The minimum atomic E-state index is 0.166. The van der Waals surface area contributed by atoms with Gasteiger partial charge in [0.2, 0.25) is 0 Å². The van der Waals surface area contributed by atoms with Gasteiger partial charge in [0.25, 0.3) is 5.95 Å². The molecule has 0 radical (unpaired) electrons. The highest BCUT2D eigenvalue weighted by atomic mass is 35.5. The number of hydrogen-bond acceptors (Lipinski definition) is 6. The molecule has 0 amide bonds. The normalized spacial score (nSPS) is 10.8. The largest absolute Gasteiger partial charge is 0.459 e. The highest BCUT2D eigenvalue weighted by Crippen LogP contribution is 2.31. The molecule has 0 aliphatic carbocycles. The maximum absolute atomic E-state index is 6.14. The Kier molecular flexibility index (Phi) is 3.68. The van der Waals surface area contributed by atoms with Gasteiger partial charge in [-0.3, -0.25) is 5.43 Å². The average molecular weight is 325 g/mol. The first-order valence-corrected chi connectivity index (χ1v) is 6.71. The maximum atomic E-state index is 6.14. The molecule has 0 aliphatic rings. The number of furan rings is 1. The van der Waals surface area contributed by atoms with Crippen molar-refractivity contribution in [2.75, 3.05) is 11.2 Å². The molecular weight excluding hydrogens is 315 g/mol. The fourth-order valence-corrected chi connectivity index (χ4v) is 2.15. The van der Waals surface area contributed by atoms with E-state index in [4.69, 9.17) is 33.4 Å². The number of nitrogens with zero attached hydrogens (tertiary/aromatic N) is 4. The van der Waals surface area contributed by atoms with E-state index in [9.17, 15) is 0 Å². The Morgan fingerprint density at radius 3 is 2.86 bits per heavy atom. The monoisotopic (exact) mass is 324 g/mol. The number of benzene rings is 1. The van der Waals surface area contributed by atoms with Crippen molar-refractivity contribution >= 4 is 29.2 Å². The first-order chi connectivity index (χ1) is 10.1. The van der Waals surface area contributed by atoms with Crippen molar-refractivity contribution < 1.29 is 4.42 Å². The quantitative estimate of drug-likeness (QED) is 0.765. The summed E-state index contributed by atoms with van der Waals surface area (Å²) in [5.74, 6) is 1.47. The second-order valence-corrected chi connectivity index (χ2v) is 5.02. The van der Waals surface area contributed by atoms with Crippen molar-refractivity contribution in [3.05, 3.63) is 46.1 Å². The first kappa shape index (κ1) is 13.7. The van der Waals surface area contributed by atoms with E-state index in [-0.39, 0.29) is 5.95 Å². The van der Waals surface area contributed by atoms with Gasteiger partial charge in [-0.1, -0.05) is 28.3 Å². The Hall–Kier alpha value is -2.25. The Morgan fingerprint density at radius 1 is 1.24 bits per heavy atom. The van der Waals surface area contributed by atoms with Crippen LogP contribution in [0.4, 0.5) is 5.95 Å². The third-order valence-corrected chi connectivity index (χ3v) is 3.32. The van der Waals surface area contributed by atoms with Crippen LogP contribution in [-0.4, -0.2) is 20.3 Å². The molecule has 3 rings (SSSR count). The summed E-state index contributed by atoms with van der Waals surface area (Å²) in [6.45, 7) is 0.368. The van der Waals surface area contributed by atoms with Gasteiger partial charge in [-0.15, -0.1) is 4.79 Å². The topological polar surface area (TPSA) is 94.8 Å². The molecule has 0 aliphatic heterocycles. The van der Waals surface area contributed by atoms with Gasteiger partial charge in [0.1, 0.15) is 11.5 Å². The molecule has 0 saturated heterocycles. The molecule has 2 heterocycles. The summed E-state index contributed by atoms with van der Waals surface area (Å²) in [5.41, 5.74) is 9.18. The third kappa shape index (κ3) is 2.93. The number of hydrogen-bond donors (Lipinski definition) is 2. The van der Waals surface area contributed by atoms with E-state index in [0.29, 0.717) is 28.1 Å². The standard InChI is InChI=1S/C12H10Cl2N6O/c13-7-1-3-10(14)9(5-7)11-4-2-8(21-11)6-16-20-12(15)17-18-19-20/h1-5,16H,6H2,(H2,15,17,19). The van der Waals surface area contributed by atoms with Gasteiger partial charge in [-0.2, -0.15) is 0 Å². The summed E-state index contributed by atoms with van der Waals surface area (Å²) in [6.07, 6.45) is 0. The Balaban J connectivity index is 1.77. The summed E-state index contributed by atoms with van der Waals surface area (Å²) in [4.78, 5) is 1.26. The molecule has 2 aromatic heterocycles. The van der Waals surface area contributed by atoms with Gasteiger partial charge in [0, 0.05) is 10.6 Å². The number of nitrogens with one attached hydrogen (secondary N) is 1. The van der Waals surface area contributed by atoms with Gasteiger partial charge in [-0.05, 0) is 40.8 Å². The van der Waals surface area contributed by atoms with E-state index < -0.39 is 0 Å². The molecule has 0 fully saturated rings. The molecule has 108 valence electrons. The van der Waals surface area contributed by atoms with Crippen LogP contribution in [0, 0.1) is 0 Å². The van der Waals surface area contributed by atoms with Crippen molar-refractivity contribution in [3.8, 4) is 11.3 Å². The van der Waals surface area contributed by atoms with E-state index >= 15 is 0 Å². The van der Waals surface area contributed by atoms with Gasteiger partial charge < -0.3 is 10.2 Å². The van der Waals surface area contributed by atoms with Gasteiger partial charge in [0.15, 0.2) is 0 Å². The lowest BCUT2D eigenvalue weighted by atomic mass is 10.2. The number of rotatable bonds is 4. The maximum Gasteiger partial charge on any atom is 0.260 e. The summed E-state index contributed by atoms with van der Waals surface area (Å²) in [7, 11) is 0. The van der Waals surface area contributed by atoms with E-state index in [2.05, 4.69) is 21.0 Å². The van der Waals surface area contributed by atoms with Crippen LogP contribution in [0.5, 0.6) is 0 Å². The van der Waals surface area contributed by atoms with Gasteiger partial charge in [0.05, 0.1) is 11.6 Å². The molecular formula is C12H10Cl2N6O. The molecule has 7 nitrogen and oxygen atoms in total. The molecule has 0 spiro atoms. The molecule has 0 unspecified atom stereocenters. The highest BCUT2D eigenvalue weighted by Gasteiger charge is 2.10. The van der Waals surface area contributed by atoms with Gasteiger partial charge >= 0.3 is 0 Å². The molecule has 21 heavy (non-hydrogen) atoms. The number of aromatic nitrogens is 4. The number of tetrazole rings is 1. The van der Waals surface area contributed by atoms with Crippen LogP contribution < -0.4 is 11.2 Å². The van der Waals surface area contributed by atoms with Gasteiger partial charge in [-0.25, -0.2) is 0 Å². The van der Waals surface area contributed by atoms with Crippen LogP contribution in [0.1, 0.15) is 5.76 Å². The molecule has 3 aromatic rings. The van der Waals surface area contributed by atoms with Crippen LogP contribution >= 0.6 is 23.2 Å². The summed E-state index contributed by atoms with van der Waals surface area (Å²) < 4.78 is 5.72. The van der Waals surface area contributed by atoms with Crippen LogP contribution in [0.25, 0.3) is 11.3 Å². The second kappa shape index (κ2) is 5.63. The van der Waals surface area contributed by atoms with E-state index in [1.807, 2.05) is 12.1 Å². The van der Waals surface area contributed by atoms with Crippen LogP contribution in [0.3, 0.4) is 0 Å². The lowest BCUT2D eigenvalue weighted by molar-refractivity contribution is 0.517. The van der Waals surface area contributed by atoms with Crippen LogP contribution in [0.15, 0.2) is 34.7 Å². The minimum Gasteiger partial charge on any atom is -0.459 e. The minimum absolute atomic E-state index is 0.166. The number of anilines is 1. The predicted molar refractivity (Wildman–Crippen MR) is 79.5 cm³/mol. The third-order valence-electron chi connectivity index (χ3n) is 2.75. The highest BCUT2D eigenvalue weighted by molar-refractivity contribution is 6.35. The van der Waals surface area contributed by atoms with E-state index in [1.165, 1.54) is 4.79 Å². The van der Waals surface area contributed by atoms with E-state index in [1.54, 1.807) is 18.2 Å². The number of nitrogen functional groups attached to an aromatic ring is 1. The van der Waals surface area contributed by atoms with Crippen molar-refractivity contribution in [2.24, 2.45) is 0 Å². The molecule has 3 N–H and O–H groups in total. The molecule has 0 bridgehead atoms. The molecule has 0 atom stereocenters. The van der Waals surface area contributed by atoms with Crippen LogP contribution in [-0.2, 0) is 6.54 Å². The molecule has 9 heteroatoms. The van der Waals surface area contributed by atoms with Crippen molar-refractivity contribution in [1.82, 2.24) is 20.3 Å². The molecule has 1 aromatic carbocycles. The van der Waals surface area contributed by atoms with Crippen molar-refractivity contribution in [1.29, 1.82) is 0 Å². The smallest absolute Gasteiger partial charge is 0.260 e. The Bertz CT molecular complexity index is 769. The first-order valence-electron chi connectivity index (χ1n) is 5.95. The lowest BCUT2D eigenvalue weighted by Crippen LogP contribution is -2.18. The fourth-order valence-electron chi connectivity index (χ4n) is 1.76. The number of nitrogens with two attached hydrogens (primary N) is 1. The average Bonchev–Trinajstić information content (AvgIpc) is 3.08.